The molecule has 3 nitrogen and oxygen atoms in total. The molecule has 3 heteroatoms. The van der Waals surface area contributed by atoms with Crippen LogP contribution in [0.2, 0.25) is 0 Å². The lowest BCUT2D eigenvalue weighted by Crippen LogP contribution is -2.49. The van der Waals surface area contributed by atoms with E-state index in [1.165, 1.54) is 38.0 Å². The summed E-state index contributed by atoms with van der Waals surface area (Å²) >= 11 is 0. The molecule has 0 radical (unpaired) electrons. The van der Waals surface area contributed by atoms with E-state index in [2.05, 4.69) is 38.5 Å². The first-order valence-electron chi connectivity index (χ1n) is 9.19. The van der Waals surface area contributed by atoms with E-state index in [9.17, 15) is 9.59 Å². The van der Waals surface area contributed by atoms with E-state index in [4.69, 9.17) is 0 Å². The summed E-state index contributed by atoms with van der Waals surface area (Å²) in [4.78, 5) is 22.8. The molecule has 4 atom stereocenters. The van der Waals surface area contributed by atoms with Crippen LogP contribution in [0.15, 0.2) is 23.3 Å². The Morgan fingerprint density at radius 1 is 1.38 bits per heavy atom. The lowest BCUT2D eigenvalue weighted by Gasteiger charge is -2.58. The summed E-state index contributed by atoms with van der Waals surface area (Å²) in [5, 5.41) is 0. The van der Waals surface area contributed by atoms with Gasteiger partial charge < -0.3 is 4.74 Å². The fourth-order valence-electron chi connectivity index (χ4n) is 5.12. The van der Waals surface area contributed by atoms with E-state index in [1.807, 2.05) is 0 Å². The van der Waals surface area contributed by atoms with Crippen molar-refractivity contribution in [2.45, 2.75) is 66.2 Å². The zero-order valence-corrected chi connectivity index (χ0v) is 15.9. The average Bonchev–Trinajstić information content (AvgIpc) is 2.57. The highest BCUT2D eigenvalue weighted by Crippen LogP contribution is 2.61. The Balaban J connectivity index is 2.22. The number of fused-ring (bicyclic) bond motifs is 1. The quantitative estimate of drug-likeness (QED) is 0.312. The van der Waals surface area contributed by atoms with E-state index in [-0.39, 0.29) is 10.8 Å². The number of rotatable bonds is 5. The molecule has 24 heavy (non-hydrogen) atoms. The number of carbonyl (C=O) groups excluding carboxylic acids is 2. The highest BCUT2D eigenvalue weighted by Gasteiger charge is 2.52. The normalized spacial score (nSPS) is 36.5. The van der Waals surface area contributed by atoms with Gasteiger partial charge in [-0.2, -0.15) is 0 Å². The Labute approximate surface area is 146 Å². The van der Waals surface area contributed by atoms with Gasteiger partial charge in [-0.1, -0.05) is 32.4 Å². The number of ether oxygens (including phenoxy) is 1. The van der Waals surface area contributed by atoms with Crippen LogP contribution >= 0.6 is 0 Å². The molecule has 0 aromatic rings. The molecule has 0 N–H and O–H groups in total. The molecule has 134 valence electrons. The molecule has 0 amide bonds. The monoisotopic (exact) mass is 332 g/mol. The van der Waals surface area contributed by atoms with Gasteiger partial charge in [-0.15, -0.1) is 0 Å². The molecule has 2 aliphatic carbocycles. The van der Waals surface area contributed by atoms with E-state index >= 15 is 0 Å². The van der Waals surface area contributed by atoms with Crippen molar-refractivity contribution in [1.82, 2.24) is 0 Å². The van der Waals surface area contributed by atoms with Crippen molar-refractivity contribution < 1.29 is 14.3 Å². The second kappa shape index (κ2) is 7.25. The Morgan fingerprint density at radius 3 is 2.71 bits per heavy atom. The van der Waals surface area contributed by atoms with Gasteiger partial charge in [0.2, 0.25) is 0 Å². The summed E-state index contributed by atoms with van der Waals surface area (Å²) in [6.45, 7) is 9.48. The van der Waals surface area contributed by atoms with Gasteiger partial charge in [-0.3, -0.25) is 4.79 Å². The second-order valence-corrected chi connectivity index (χ2v) is 8.24. The Kier molecular flexibility index (Phi) is 5.72. The summed E-state index contributed by atoms with van der Waals surface area (Å²) in [7, 11) is 1.34. The standard InChI is InChI=1S/C21H32O3/c1-15-7-6-8-18-20(15,3)11-9-16(2)21(18,4)12-10-17(14-22)13-19(23)24-5/h7,13-14,16,18H,6,8-12H2,1-5H3/b17-13+/t16-,18+,20+,21+/m1/s1. The number of carbonyl (C=O) groups is 2. The largest absolute Gasteiger partial charge is 0.466 e. The molecule has 1 fully saturated rings. The van der Waals surface area contributed by atoms with Crippen LogP contribution in [-0.4, -0.2) is 19.4 Å². The summed E-state index contributed by atoms with van der Waals surface area (Å²) in [5.74, 6) is 0.831. The highest BCUT2D eigenvalue weighted by molar-refractivity contribution is 5.89. The first-order valence-corrected chi connectivity index (χ1v) is 9.19. The number of aldehydes is 1. The van der Waals surface area contributed by atoms with E-state index < -0.39 is 5.97 Å². The third-order valence-electron chi connectivity index (χ3n) is 7.20. The molecule has 0 heterocycles. The van der Waals surface area contributed by atoms with Gasteiger partial charge in [-0.05, 0) is 73.7 Å². The maximum Gasteiger partial charge on any atom is 0.330 e. The predicted molar refractivity (Wildman–Crippen MR) is 96.5 cm³/mol. The molecule has 1 saturated carbocycles. The van der Waals surface area contributed by atoms with E-state index in [0.29, 0.717) is 23.8 Å². The minimum absolute atomic E-state index is 0.195. The van der Waals surface area contributed by atoms with Crippen LogP contribution < -0.4 is 0 Å². The van der Waals surface area contributed by atoms with Crippen LogP contribution in [-0.2, 0) is 14.3 Å². The minimum Gasteiger partial charge on any atom is -0.466 e. The molecule has 0 bridgehead atoms. The molecular formula is C21H32O3. The van der Waals surface area contributed by atoms with Crippen LogP contribution in [0, 0.1) is 22.7 Å². The van der Waals surface area contributed by atoms with Crippen molar-refractivity contribution in [3.63, 3.8) is 0 Å². The second-order valence-electron chi connectivity index (χ2n) is 8.24. The van der Waals surface area contributed by atoms with Crippen molar-refractivity contribution >= 4 is 12.3 Å². The van der Waals surface area contributed by atoms with Gasteiger partial charge in [0.05, 0.1) is 7.11 Å². The number of esters is 1. The smallest absolute Gasteiger partial charge is 0.330 e. The van der Waals surface area contributed by atoms with Gasteiger partial charge in [-0.25, -0.2) is 4.79 Å². The van der Waals surface area contributed by atoms with Crippen LogP contribution in [0.3, 0.4) is 0 Å². The highest BCUT2D eigenvalue weighted by atomic mass is 16.5. The summed E-state index contributed by atoms with van der Waals surface area (Å²) in [5.41, 5.74) is 2.57. The van der Waals surface area contributed by atoms with Gasteiger partial charge in [0.1, 0.15) is 6.29 Å². The molecule has 0 unspecified atom stereocenters. The minimum atomic E-state index is -0.444. The zero-order valence-electron chi connectivity index (χ0n) is 15.9. The SMILES string of the molecule is COC(=O)/C=C(/C=O)CC[C@@]1(C)[C@H](C)CC[C@@]2(C)C(C)=CCC[C@H]12. The maximum absolute atomic E-state index is 11.4. The first kappa shape index (κ1) is 19.0. The van der Waals surface area contributed by atoms with Crippen LogP contribution in [0.1, 0.15) is 66.2 Å². The predicted octanol–water partition coefficient (Wildman–Crippen LogP) is 4.86. The zero-order chi connectivity index (χ0) is 18.0. The van der Waals surface area contributed by atoms with Crippen molar-refractivity contribution in [3.05, 3.63) is 23.3 Å². The summed E-state index contributed by atoms with van der Waals surface area (Å²) in [6.07, 6.45) is 11.0. The van der Waals surface area contributed by atoms with Crippen LogP contribution in [0.4, 0.5) is 0 Å². The fourth-order valence-corrected chi connectivity index (χ4v) is 5.12. The number of hydrogen-bond acceptors (Lipinski definition) is 3. The summed E-state index contributed by atoms with van der Waals surface area (Å²) in [6, 6.07) is 0. The molecule has 0 aliphatic heterocycles. The topological polar surface area (TPSA) is 43.4 Å². The lowest BCUT2D eigenvalue weighted by molar-refractivity contribution is -0.135. The Morgan fingerprint density at radius 2 is 2.08 bits per heavy atom. The van der Waals surface area contributed by atoms with Crippen LogP contribution in [0.25, 0.3) is 0 Å². The van der Waals surface area contributed by atoms with Gasteiger partial charge in [0.15, 0.2) is 0 Å². The van der Waals surface area contributed by atoms with Crippen molar-refractivity contribution in [3.8, 4) is 0 Å². The molecule has 0 spiro atoms. The molecule has 0 aromatic carbocycles. The lowest BCUT2D eigenvalue weighted by atomic mass is 9.47. The summed E-state index contributed by atoms with van der Waals surface area (Å²) < 4.78 is 4.65. The Hall–Kier alpha value is -1.38. The van der Waals surface area contributed by atoms with Crippen LogP contribution in [0.5, 0.6) is 0 Å². The first-order chi connectivity index (χ1) is 11.3. The number of allylic oxidation sites excluding steroid dienone is 3. The Bertz CT molecular complexity index is 559. The third kappa shape index (κ3) is 3.36. The molecule has 2 rings (SSSR count). The third-order valence-corrected chi connectivity index (χ3v) is 7.20. The molecule has 0 saturated heterocycles. The van der Waals surface area contributed by atoms with Crippen molar-refractivity contribution in [1.29, 1.82) is 0 Å². The average molecular weight is 332 g/mol. The maximum atomic E-state index is 11.4. The van der Waals surface area contributed by atoms with Gasteiger partial charge in [0.25, 0.3) is 0 Å². The number of methoxy groups -OCH3 is 1. The molecule has 0 aromatic heterocycles. The van der Waals surface area contributed by atoms with E-state index in [1.54, 1.807) is 0 Å². The van der Waals surface area contributed by atoms with Crippen molar-refractivity contribution in [2.75, 3.05) is 7.11 Å². The van der Waals surface area contributed by atoms with E-state index in [0.717, 1.165) is 19.1 Å². The molecule has 2 aliphatic rings. The fraction of sp³-hybridized carbons (Fsp3) is 0.714. The molecular weight excluding hydrogens is 300 g/mol. The van der Waals surface area contributed by atoms with Gasteiger partial charge in [0, 0.05) is 6.08 Å². The van der Waals surface area contributed by atoms with Gasteiger partial charge >= 0.3 is 5.97 Å². The number of hydrogen-bond donors (Lipinski definition) is 0. The van der Waals surface area contributed by atoms with Crippen molar-refractivity contribution in [2.24, 2.45) is 22.7 Å².